The number of carbonyl (C=O) groups is 2. The minimum absolute atomic E-state index is 0.113. The molecule has 0 bridgehead atoms. The molecule has 0 spiro atoms. The fourth-order valence-corrected chi connectivity index (χ4v) is 2.27. The van der Waals surface area contributed by atoms with Gasteiger partial charge >= 0.3 is 5.97 Å². The van der Waals surface area contributed by atoms with Gasteiger partial charge in [0.15, 0.2) is 6.61 Å². The third-order valence-electron chi connectivity index (χ3n) is 3.35. The number of hydrogen-bond acceptors (Lipinski definition) is 5. The number of benzene rings is 2. The normalized spacial score (nSPS) is 10.1. The molecule has 6 nitrogen and oxygen atoms in total. The molecule has 0 atom stereocenters. The van der Waals surface area contributed by atoms with Crippen LogP contribution in [0.25, 0.3) is 0 Å². The summed E-state index contributed by atoms with van der Waals surface area (Å²) in [5.74, 6) is 0.415. The highest BCUT2D eigenvalue weighted by Gasteiger charge is 2.07. The molecule has 138 valence electrons. The highest BCUT2D eigenvalue weighted by molar-refractivity contribution is 5.82. The molecule has 0 aromatic heterocycles. The molecule has 1 amide bonds. The van der Waals surface area contributed by atoms with Gasteiger partial charge in [-0.1, -0.05) is 24.3 Å². The number of ether oxygens (including phenoxy) is 3. The van der Waals surface area contributed by atoms with E-state index in [9.17, 15) is 9.59 Å². The van der Waals surface area contributed by atoms with Crippen LogP contribution in [0.4, 0.5) is 0 Å². The van der Waals surface area contributed by atoms with Gasteiger partial charge in [-0.25, -0.2) is 0 Å². The van der Waals surface area contributed by atoms with E-state index in [2.05, 4.69) is 11.4 Å². The van der Waals surface area contributed by atoms with Crippen LogP contribution in [0.2, 0.25) is 0 Å². The smallest absolute Gasteiger partial charge is 0.325 e. The van der Waals surface area contributed by atoms with Crippen molar-refractivity contribution in [1.82, 2.24) is 5.32 Å². The molecule has 0 aliphatic rings. The number of nitrogens with one attached hydrogen (secondary N) is 1. The average Bonchev–Trinajstić information content (AvgIpc) is 2.62. The number of carbonyl (C=O) groups excluding carboxylic acids is 2. The summed E-state index contributed by atoms with van der Waals surface area (Å²) < 4.78 is 15.8. The Balaban J connectivity index is 1.57. The molecule has 0 radical (unpaired) electrons. The molecule has 2 rings (SSSR count). The molecule has 0 aliphatic carbocycles. The third kappa shape index (κ3) is 7.25. The number of rotatable bonds is 9. The lowest BCUT2D eigenvalue weighted by Crippen LogP contribution is -2.34. The van der Waals surface area contributed by atoms with Crippen molar-refractivity contribution >= 4 is 11.9 Å². The third-order valence-corrected chi connectivity index (χ3v) is 3.35. The summed E-state index contributed by atoms with van der Waals surface area (Å²) in [7, 11) is 0. The predicted octanol–water partition coefficient (Wildman–Crippen LogP) is 2.42. The van der Waals surface area contributed by atoms with E-state index >= 15 is 0 Å². The lowest BCUT2D eigenvalue weighted by molar-refractivity contribution is -0.144. The first kappa shape index (κ1) is 19.3. The number of hydrogen-bond donors (Lipinski definition) is 1. The summed E-state index contributed by atoms with van der Waals surface area (Å²) in [6.07, 6.45) is 0. The summed E-state index contributed by atoms with van der Waals surface area (Å²) in [6, 6.07) is 14.9. The maximum atomic E-state index is 11.6. The van der Waals surface area contributed by atoms with Crippen LogP contribution >= 0.6 is 0 Å². The molecular weight excluding hydrogens is 334 g/mol. The zero-order valence-electron chi connectivity index (χ0n) is 15.0. The Morgan fingerprint density at radius 1 is 0.885 bits per heavy atom. The topological polar surface area (TPSA) is 73.9 Å². The Hall–Kier alpha value is -3.02. The minimum Gasteiger partial charge on any atom is -0.490 e. The van der Waals surface area contributed by atoms with Gasteiger partial charge in [0.1, 0.15) is 31.3 Å². The zero-order chi connectivity index (χ0) is 18.8. The Morgan fingerprint density at radius 3 is 2.27 bits per heavy atom. The molecule has 2 aromatic carbocycles. The van der Waals surface area contributed by atoms with Crippen LogP contribution in [-0.2, 0) is 14.3 Å². The number of para-hydroxylation sites is 1. The second kappa shape index (κ2) is 10.1. The van der Waals surface area contributed by atoms with Gasteiger partial charge in [-0.3, -0.25) is 9.59 Å². The van der Waals surface area contributed by atoms with Gasteiger partial charge in [0, 0.05) is 0 Å². The second-order valence-electron chi connectivity index (χ2n) is 5.77. The maximum Gasteiger partial charge on any atom is 0.325 e. The Kier molecular flexibility index (Phi) is 7.49. The average molecular weight is 357 g/mol. The first-order valence-electron chi connectivity index (χ1n) is 8.34. The van der Waals surface area contributed by atoms with E-state index in [1.165, 1.54) is 0 Å². The first-order valence-corrected chi connectivity index (χ1v) is 8.34. The molecule has 0 saturated carbocycles. The largest absolute Gasteiger partial charge is 0.490 e. The van der Waals surface area contributed by atoms with Crippen LogP contribution in [-0.4, -0.2) is 38.2 Å². The fourth-order valence-electron chi connectivity index (χ4n) is 2.27. The molecule has 2 aromatic rings. The van der Waals surface area contributed by atoms with Crippen LogP contribution in [0.3, 0.4) is 0 Å². The van der Waals surface area contributed by atoms with Gasteiger partial charge in [-0.15, -0.1) is 0 Å². The second-order valence-corrected chi connectivity index (χ2v) is 5.77. The van der Waals surface area contributed by atoms with Gasteiger partial charge in [0.2, 0.25) is 0 Å². The Bertz CT molecular complexity index is 710. The van der Waals surface area contributed by atoms with Gasteiger partial charge in [-0.2, -0.15) is 0 Å². The first-order chi connectivity index (χ1) is 12.5. The summed E-state index contributed by atoms with van der Waals surface area (Å²) in [5, 5.41) is 2.45. The molecule has 1 N–H and O–H groups in total. The quantitative estimate of drug-likeness (QED) is 0.551. The monoisotopic (exact) mass is 357 g/mol. The van der Waals surface area contributed by atoms with Crippen LogP contribution in [0, 0.1) is 13.8 Å². The zero-order valence-corrected chi connectivity index (χ0v) is 15.0. The van der Waals surface area contributed by atoms with E-state index in [0.29, 0.717) is 5.75 Å². The molecular formula is C20H23NO5. The Morgan fingerprint density at radius 2 is 1.58 bits per heavy atom. The summed E-state index contributed by atoms with van der Waals surface area (Å²) in [6.45, 7) is 3.98. The highest BCUT2D eigenvalue weighted by atomic mass is 16.6. The van der Waals surface area contributed by atoms with Gasteiger partial charge in [-0.05, 0) is 49.2 Å². The van der Waals surface area contributed by atoms with Crippen molar-refractivity contribution in [2.45, 2.75) is 13.8 Å². The molecule has 0 saturated heterocycles. The fraction of sp³-hybridized carbons (Fsp3) is 0.300. The SMILES string of the molecule is Cc1cc(C)cc(OCCOC(=O)CNC(=O)COc2ccccc2)c1. The van der Waals surface area contributed by atoms with E-state index in [4.69, 9.17) is 14.2 Å². The number of aryl methyl sites for hydroxylation is 2. The highest BCUT2D eigenvalue weighted by Crippen LogP contribution is 2.15. The van der Waals surface area contributed by atoms with E-state index < -0.39 is 11.9 Å². The van der Waals surface area contributed by atoms with Crippen molar-refractivity contribution in [3.63, 3.8) is 0 Å². The summed E-state index contributed by atoms with van der Waals surface area (Å²) >= 11 is 0. The molecule has 0 aliphatic heterocycles. The van der Waals surface area contributed by atoms with Crippen LogP contribution in [0.15, 0.2) is 48.5 Å². The molecule has 26 heavy (non-hydrogen) atoms. The molecule has 0 unspecified atom stereocenters. The number of esters is 1. The van der Waals surface area contributed by atoms with E-state index in [1.54, 1.807) is 12.1 Å². The lowest BCUT2D eigenvalue weighted by atomic mass is 10.1. The van der Waals surface area contributed by atoms with Crippen LogP contribution in [0.1, 0.15) is 11.1 Å². The van der Waals surface area contributed by atoms with Crippen molar-refractivity contribution in [3.05, 3.63) is 59.7 Å². The van der Waals surface area contributed by atoms with Crippen molar-refractivity contribution in [2.75, 3.05) is 26.4 Å². The van der Waals surface area contributed by atoms with Gasteiger partial charge in [0.05, 0.1) is 0 Å². The molecule has 0 heterocycles. The summed E-state index contributed by atoms with van der Waals surface area (Å²) in [4.78, 5) is 23.2. The molecule has 6 heteroatoms. The maximum absolute atomic E-state index is 11.6. The van der Waals surface area contributed by atoms with Crippen molar-refractivity contribution < 1.29 is 23.8 Å². The van der Waals surface area contributed by atoms with Crippen molar-refractivity contribution in [1.29, 1.82) is 0 Å². The van der Waals surface area contributed by atoms with E-state index in [0.717, 1.165) is 16.9 Å². The summed E-state index contributed by atoms with van der Waals surface area (Å²) in [5.41, 5.74) is 2.22. The van der Waals surface area contributed by atoms with Gasteiger partial charge < -0.3 is 19.5 Å². The Labute approximate surface area is 153 Å². The van der Waals surface area contributed by atoms with Gasteiger partial charge in [0.25, 0.3) is 5.91 Å². The van der Waals surface area contributed by atoms with Crippen molar-refractivity contribution in [3.8, 4) is 11.5 Å². The van der Waals surface area contributed by atoms with E-state index in [-0.39, 0.29) is 26.4 Å². The van der Waals surface area contributed by atoms with Crippen LogP contribution < -0.4 is 14.8 Å². The predicted molar refractivity (Wildman–Crippen MR) is 97.3 cm³/mol. The number of amides is 1. The lowest BCUT2D eigenvalue weighted by Gasteiger charge is -2.10. The van der Waals surface area contributed by atoms with Crippen LogP contribution in [0.5, 0.6) is 11.5 Å². The molecule has 0 fully saturated rings. The van der Waals surface area contributed by atoms with E-state index in [1.807, 2.05) is 44.2 Å². The van der Waals surface area contributed by atoms with Crippen molar-refractivity contribution in [2.24, 2.45) is 0 Å². The minimum atomic E-state index is -0.526. The standard InChI is InChI=1S/C20H23NO5/c1-15-10-16(2)12-18(11-15)24-8-9-25-20(23)13-21-19(22)14-26-17-6-4-3-5-7-17/h3-7,10-12H,8-9,13-14H2,1-2H3,(H,21,22).